The second-order valence-electron chi connectivity index (χ2n) is 2.40. The molecule has 1 rings (SSSR count). The van der Waals surface area contributed by atoms with Crippen LogP contribution in [0, 0.1) is 0 Å². The first-order valence-corrected chi connectivity index (χ1v) is 3.41. The van der Waals surface area contributed by atoms with Gasteiger partial charge in [-0.15, -0.1) is 0 Å². The van der Waals surface area contributed by atoms with Crippen LogP contribution >= 0.6 is 0 Å². The summed E-state index contributed by atoms with van der Waals surface area (Å²) in [5.74, 6) is 0. The van der Waals surface area contributed by atoms with Crippen LogP contribution in [0.5, 0.6) is 0 Å². The molecule has 4 nitrogen and oxygen atoms in total. The highest BCUT2D eigenvalue weighted by Gasteiger charge is 2.12. The molecule has 0 bridgehead atoms. The van der Waals surface area contributed by atoms with Gasteiger partial charge in [0, 0.05) is 12.4 Å². The molecule has 0 fully saturated rings. The lowest BCUT2D eigenvalue weighted by atomic mass is 10.1. The van der Waals surface area contributed by atoms with Crippen molar-refractivity contribution in [2.75, 3.05) is 0 Å². The van der Waals surface area contributed by atoms with Crippen LogP contribution in [0.2, 0.25) is 0 Å². The zero-order chi connectivity index (χ0) is 8.27. The molecule has 60 valence electrons. The molecule has 1 heterocycles. The summed E-state index contributed by atoms with van der Waals surface area (Å²) in [5, 5.41) is 9.08. The monoisotopic (exact) mass is 153 g/mol. The summed E-state index contributed by atoms with van der Waals surface area (Å²) in [5.41, 5.74) is 6.20. The average molecular weight is 153 g/mol. The van der Waals surface area contributed by atoms with E-state index in [9.17, 15) is 0 Å². The number of hydrogen-bond acceptors (Lipinski definition) is 4. The fraction of sp³-hybridized carbons (Fsp3) is 0.429. The molecule has 1 aromatic heterocycles. The minimum atomic E-state index is -0.591. The van der Waals surface area contributed by atoms with E-state index in [-0.39, 0.29) is 0 Å². The van der Waals surface area contributed by atoms with Gasteiger partial charge >= 0.3 is 0 Å². The van der Waals surface area contributed by atoms with Crippen LogP contribution in [0.4, 0.5) is 0 Å². The second kappa shape index (κ2) is 3.41. The van der Waals surface area contributed by atoms with Crippen LogP contribution in [0.1, 0.15) is 18.7 Å². The Hall–Kier alpha value is -1.00. The molecule has 4 heteroatoms. The fourth-order valence-electron chi connectivity index (χ4n) is 0.730. The molecule has 11 heavy (non-hydrogen) atoms. The quantitative estimate of drug-likeness (QED) is 0.620. The maximum absolute atomic E-state index is 9.08. The van der Waals surface area contributed by atoms with Crippen molar-refractivity contribution >= 4 is 0 Å². The van der Waals surface area contributed by atoms with Crippen molar-refractivity contribution in [3.8, 4) is 0 Å². The van der Waals surface area contributed by atoms with Gasteiger partial charge in [-0.3, -0.25) is 9.97 Å². The molecule has 0 saturated heterocycles. The molecule has 0 saturated carbocycles. The van der Waals surface area contributed by atoms with Gasteiger partial charge in [0.2, 0.25) is 0 Å². The van der Waals surface area contributed by atoms with E-state index >= 15 is 0 Å². The zero-order valence-electron chi connectivity index (χ0n) is 6.31. The highest BCUT2D eigenvalue weighted by atomic mass is 16.3. The second-order valence-corrected chi connectivity index (χ2v) is 2.40. The van der Waals surface area contributed by atoms with Crippen LogP contribution in [0.25, 0.3) is 0 Å². The third-order valence-corrected chi connectivity index (χ3v) is 1.44. The average Bonchev–Trinajstić information content (AvgIpc) is 2.05. The molecule has 0 aliphatic rings. The van der Waals surface area contributed by atoms with Gasteiger partial charge in [0.1, 0.15) is 0 Å². The van der Waals surface area contributed by atoms with Gasteiger partial charge < -0.3 is 10.8 Å². The third-order valence-electron chi connectivity index (χ3n) is 1.44. The molecule has 0 aliphatic carbocycles. The predicted molar refractivity (Wildman–Crippen MR) is 40.6 cm³/mol. The Morgan fingerprint density at radius 1 is 1.55 bits per heavy atom. The third kappa shape index (κ3) is 1.96. The summed E-state index contributed by atoms with van der Waals surface area (Å²) in [7, 11) is 0. The van der Waals surface area contributed by atoms with Gasteiger partial charge in [-0.1, -0.05) is 0 Å². The van der Waals surface area contributed by atoms with Crippen molar-refractivity contribution in [3.05, 3.63) is 24.3 Å². The maximum Gasteiger partial charge on any atom is 0.0780 e. The number of nitrogens with two attached hydrogens (primary N) is 1. The maximum atomic E-state index is 9.08. The van der Waals surface area contributed by atoms with Crippen molar-refractivity contribution in [3.63, 3.8) is 0 Å². The smallest absolute Gasteiger partial charge is 0.0780 e. The summed E-state index contributed by atoms with van der Waals surface area (Å²) in [4.78, 5) is 7.79. The molecule has 3 N–H and O–H groups in total. The van der Waals surface area contributed by atoms with Crippen LogP contribution in [0.15, 0.2) is 18.6 Å². The molecule has 2 atom stereocenters. The number of nitrogens with zero attached hydrogens (tertiary/aromatic N) is 2. The van der Waals surface area contributed by atoms with Gasteiger partial charge in [0.25, 0.3) is 0 Å². The fourth-order valence-corrected chi connectivity index (χ4v) is 0.730. The summed E-state index contributed by atoms with van der Waals surface area (Å²) in [6.45, 7) is 1.62. The molecule has 0 amide bonds. The van der Waals surface area contributed by atoms with Gasteiger partial charge in [0.15, 0.2) is 0 Å². The predicted octanol–water partition coefficient (Wildman–Crippen LogP) is -0.143. The number of hydrogen-bond donors (Lipinski definition) is 2. The Bertz CT molecular complexity index is 212. The van der Waals surface area contributed by atoms with Crippen LogP contribution in [-0.4, -0.2) is 21.2 Å². The number of aliphatic hydroxyl groups is 1. The van der Waals surface area contributed by atoms with Crippen molar-refractivity contribution in [1.29, 1.82) is 0 Å². The van der Waals surface area contributed by atoms with E-state index in [2.05, 4.69) is 9.97 Å². The van der Waals surface area contributed by atoms with E-state index < -0.39 is 12.1 Å². The van der Waals surface area contributed by atoms with E-state index in [1.807, 2.05) is 0 Å². The van der Waals surface area contributed by atoms with Crippen LogP contribution < -0.4 is 5.73 Å². The zero-order valence-corrected chi connectivity index (χ0v) is 6.31. The van der Waals surface area contributed by atoms with Gasteiger partial charge in [-0.2, -0.15) is 0 Å². The molecule has 0 unspecified atom stereocenters. The minimum absolute atomic E-state index is 0.441. The lowest BCUT2D eigenvalue weighted by Gasteiger charge is -2.12. The van der Waals surface area contributed by atoms with Crippen LogP contribution in [0.3, 0.4) is 0 Å². The van der Waals surface area contributed by atoms with Crippen molar-refractivity contribution < 1.29 is 5.11 Å². The topological polar surface area (TPSA) is 72.0 Å². The normalized spacial score (nSPS) is 15.9. The minimum Gasteiger partial charge on any atom is -0.391 e. The van der Waals surface area contributed by atoms with Gasteiger partial charge in [-0.05, 0) is 6.92 Å². The first-order valence-electron chi connectivity index (χ1n) is 3.41. The first-order chi connectivity index (χ1) is 5.22. The molecule has 0 radical (unpaired) electrons. The van der Waals surface area contributed by atoms with Crippen molar-refractivity contribution in [1.82, 2.24) is 9.97 Å². The highest BCUT2D eigenvalue weighted by Crippen LogP contribution is 2.08. The molecular weight excluding hydrogens is 142 g/mol. The molecule has 1 aromatic rings. The van der Waals surface area contributed by atoms with E-state index in [1.165, 1.54) is 0 Å². The Balaban J connectivity index is 2.77. The Morgan fingerprint density at radius 3 is 2.73 bits per heavy atom. The highest BCUT2D eigenvalue weighted by molar-refractivity contribution is 5.02. The first kappa shape index (κ1) is 8.10. The molecular formula is C7H11N3O. The standard InChI is InChI=1S/C7H11N3O/c1-5(11)7(8)6-4-9-2-3-10-6/h2-5,7,11H,8H2,1H3/t5-,7+/m0/s1. The van der Waals surface area contributed by atoms with Crippen molar-refractivity contribution in [2.24, 2.45) is 5.73 Å². The summed E-state index contributed by atoms with van der Waals surface area (Å²) in [6.07, 6.45) is 4.08. The summed E-state index contributed by atoms with van der Waals surface area (Å²) < 4.78 is 0. The van der Waals surface area contributed by atoms with E-state index in [0.29, 0.717) is 5.69 Å². The molecule has 0 aromatic carbocycles. The Morgan fingerprint density at radius 2 is 2.27 bits per heavy atom. The number of aromatic nitrogens is 2. The van der Waals surface area contributed by atoms with Crippen LogP contribution in [-0.2, 0) is 0 Å². The van der Waals surface area contributed by atoms with Crippen molar-refractivity contribution in [2.45, 2.75) is 19.1 Å². The SMILES string of the molecule is C[C@H](O)[C@@H](N)c1cnccn1. The van der Waals surface area contributed by atoms with Gasteiger partial charge in [-0.25, -0.2) is 0 Å². The van der Waals surface area contributed by atoms with Gasteiger partial charge in [0.05, 0.1) is 24.0 Å². The Kier molecular flexibility index (Phi) is 2.51. The van der Waals surface area contributed by atoms with E-state index in [0.717, 1.165) is 0 Å². The molecule has 0 spiro atoms. The number of rotatable bonds is 2. The lowest BCUT2D eigenvalue weighted by Crippen LogP contribution is -2.24. The van der Waals surface area contributed by atoms with E-state index in [4.69, 9.17) is 10.8 Å². The number of aliphatic hydroxyl groups excluding tert-OH is 1. The van der Waals surface area contributed by atoms with E-state index in [1.54, 1.807) is 25.5 Å². The summed E-state index contributed by atoms with van der Waals surface area (Å²) in [6, 6.07) is -0.441. The summed E-state index contributed by atoms with van der Waals surface area (Å²) >= 11 is 0. The molecule has 0 aliphatic heterocycles. The largest absolute Gasteiger partial charge is 0.391 e. The Labute approximate surface area is 65.1 Å². The lowest BCUT2D eigenvalue weighted by molar-refractivity contribution is 0.162.